The van der Waals surface area contributed by atoms with Crippen molar-refractivity contribution in [3.8, 4) is 0 Å². The van der Waals surface area contributed by atoms with Gasteiger partial charge in [-0.05, 0) is 31.4 Å². The highest BCUT2D eigenvalue weighted by Gasteiger charge is 2.12. The summed E-state index contributed by atoms with van der Waals surface area (Å²) < 4.78 is 0. The Bertz CT molecular complexity index is 341. The van der Waals surface area contributed by atoms with E-state index in [0.717, 1.165) is 12.2 Å². The van der Waals surface area contributed by atoms with E-state index in [9.17, 15) is 0 Å². The van der Waals surface area contributed by atoms with Gasteiger partial charge in [-0.15, -0.1) is 0 Å². The van der Waals surface area contributed by atoms with E-state index in [4.69, 9.17) is 5.73 Å². The number of rotatable bonds is 3. The van der Waals surface area contributed by atoms with Crippen molar-refractivity contribution in [2.24, 2.45) is 0 Å². The Morgan fingerprint density at radius 3 is 2.75 bits per heavy atom. The fourth-order valence-corrected chi connectivity index (χ4v) is 2.45. The third kappa shape index (κ3) is 2.99. The predicted molar refractivity (Wildman–Crippen MR) is 69.3 cm³/mol. The molecule has 3 N–H and O–H groups in total. The molecule has 0 bridgehead atoms. The van der Waals surface area contributed by atoms with Gasteiger partial charge in [-0.2, -0.15) is 0 Å². The molecule has 2 nitrogen and oxygen atoms in total. The topological polar surface area (TPSA) is 38.0 Å². The summed E-state index contributed by atoms with van der Waals surface area (Å²) in [6.07, 6.45) is 6.81. The number of hydrogen-bond donors (Lipinski definition) is 2. The summed E-state index contributed by atoms with van der Waals surface area (Å²) in [5.74, 6) is 0. The summed E-state index contributed by atoms with van der Waals surface area (Å²) in [5, 5.41) is 3.63. The highest BCUT2D eigenvalue weighted by molar-refractivity contribution is 5.48. The summed E-state index contributed by atoms with van der Waals surface area (Å²) >= 11 is 0. The van der Waals surface area contributed by atoms with Crippen molar-refractivity contribution in [3.05, 3.63) is 29.3 Å². The van der Waals surface area contributed by atoms with Crippen molar-refractivity contribution in [1.82, 2.24) is 5.32 Å². The standard InChI is InChI=1S/C14H22N2/c1-11-7-8-14(15)12(9-11)10-16-13-5-3-2-4-6-13/h7-9,13,16H,2-6,10,15H2,1H3. The molecular formula is C14H22N2. The van der Waals surface area contributed by atoms with Crippen LogP contribution in [0.5, 0.6) is 0 Å². The van der Waals surface area contributed by atoms with Gasteiger partial charge in [0.1, 0.15) is 0 Å². The Morgan fingerprint density at radius 2 is 2.00 bits per heavy atom. The van der Waals surface area contributed by atoms with Crippen molar-refractivity contribution in [2.45, 2.75) is 51.6 Å². The fraction of sp³-hybridized carbons (Fsp3) is 0.571. The number of benzene rings is 1. The summed E-state index contributed by atoms with van der Waals surface area (Å²) in [4.78, 5) is 0. The van der Waals surface area contributed by atoms with Gasteiger partial charge in [-0.1, -0.05) is 37.0 Å². The number of aryl methyl sites for hydroxylation is 1. The normalized spacial score (nSPS) is 17.6. The van der Waals surface area contributed by atoms with Crippen LogP contribution in [0.25, 0.3) is 0 Å². The maximum Gasteiger partial charge on any atom is 0.0359 e. The third-order valence-corrected chi connectivity index (χ3v) is 3.48. The summed E-state index contributed by atoms with van der Waals surface area (Å²) in [6.45, 7) is 3.03. The average Bonchev–Trinajstić information content (AvgIpc) is 2.32. The van der Waals surface area contributed by atoms with Gasteiger partial charge in [-0.25, -0.2) is 0 Å². The molecule has 1 fully saturated rings. The van der Waals surface area contributed by atoms with E-state index in [0.29, 0.717) is 6.04 Å². The first-order chi connectivity index (χ1) is 7.75. The molecule has 1 aliphatic rings. The van der Waals surface area contributed by atoms with E-state index in [2.05, 4.69) is 24.4 Å². The average molecular weight is 218 g/mol. The Hall–Kier alpha value is -1.02. The Kier molecular flexibility index (Phi) is 3.83. The molecule has 0 heterocycles. The van der Waals surface area contributed by atoms with Crippen molar-refractivity contribution < 1.29 is 0 Å². The molecule has 0 radical (unpaired) electrons. The van der Waals surface area contributed by atoms with Crippen LogP contribution >= 0.6 is 0 Å². The van der Waals surface area contributed by atoms with E-state index in [1.165, 1.54) is 43.2 Å². The van der Waals surface area contributed by atoms with Crippen LogP contribution in [-0.4, -0.2) is 6.04 Å². The van der Waals surface area contributed by atoms with Gasteiger partial charge in [0.2, 0.25) is 0 Å². The molecule has 0 unspecified atom stereocenters. The largest absolute Gasteiger partial charge is 0.398 e. The van der Waals surface area contributed by atoms with E-state index < -0.39 is 0 Å². The predicted octanol–water partition coefficient (Wildman–Crippen LogP) is 3.00. The van der Waals surface area contributed by atoms with Crippen LogP contribution < -0.4 is 11.1 Å². The van der Waals surface area contributed by atoms with Crippen LogP contribution in [0.2, 0.25) is 0 Å². The van der Waals surface area contributed by atoms with Gasteiger partial charge in [0.25, 0.3) is 0 Å². The van der Waals surface area contributed by atoms with Gasteiger partial charge in [-0.3, -0.25) is 0 Å². The molecule has 88 valence electrons. The number of nitrogens with two attached hydrogens (primary N) is 1. The second-order valence-electron chi connectivity index (χ2n) is 4.92. The lowest BCUT2D eigenvalue weighted by Gasteiger charge is -2.23. The second kappa shape index (κ2) is 5.35. The summed E-state index contributed by atoms with van der Waals surface area (Å²) in [7, 11) is 0. The van der Waals surface area contributed by atoms with E-state index in [1.807, 2.05) is 6.07 Å². The van der Waals surface area contributed by atoms with Crippen molar-refractivity contribution in [3.63, 3.8) is 0 Å². The Labute approximate surface area is 98.2 Å². The van der Waals surface area contributed by atoms with Gasteiger partial charge in [0, 0.05) is 18.3 Å². The van der Waals surface area contributed by atoms with Crippen molar-refractivity contribution in [2.75, 3.05) is 5.73 Å². The molecule has 0 aliphatic heterocycles. The lowest BCUT2D eigenvalue weighted by molar-refractivity contribution is 0.372. The first kappa shape index (κ1) is 11.5. The quantitative estimate of drug-likeness (QED) is 0.765. The number of nitrogens with one attached hydrogen (secondary N) is 1. The first-order valence-corrected chi connectivity index (χ1v) is 6.34. The molecule has 1 aromatic carbocycles. The van der Waals surface area contributed by atoms with Crippen LogP contribution in [-0.2, 0) is 6.54 Å². The molecule has 1 aromatic rings. The van der Waals surface area contributed by atoms with Gasteiger partial charge in [0.15, 0.2) is 0 Å². The molecule has 0 amide bonds. The van der Waals surface area contributed by atoms with Crippen LogP contribution in [0.3, 0.4) is 0 Å². The smallest absolute Gasteiger partial charge is 0.0359 e. The molecule has 0 aromatic heterocycles. The van der Waals surface area contributed by atoms with Crippen molar-refractivity contribution in [1.29, 1.82) is 0 Å². The van der Waals surface area contributed by atoms with Crippen LogP contribution in [0.15, 0.2) is 18.2 Å². The lowest BCUT2D eigenvalue weighted by Crippen LogP contribution is -2.30. The number of nitrogen functional groups attached to an aromatic ring is 1. The van der Waals surface area contributed by atoms with Gasteiger partial charge < -0.3 is 11.1 Å². The molecule has 2 heteroatoms. The zero-order valence-electron chi connectivity index (χ0n) is 10.1. The maximum atomic E-state index is 5.97. The molecular weight excluding hydrogens is 196 g/mol. The Morgan fingerprint density at radius 1 is 1.25 bits per heavy atom. The van der Waals surface area contributed by atoms with Crippen LogP contribution in [0, 0.1) is 6.92 Å². The van der Waals surface area contributed by atoms with E-state index in [1.54, 1.807) is 0 Å². The molecule has 1 aliphatic carbocycles. The molecule has 0 saturated heterocycles. The minimum absolute atomic E-state index is 0.702. The Balaban J connectivity index is 1.90. The minimum Gasteiger partial charge on any atom is -0.398 e. The first-order valence-electron chi connectivity index (χ1n) is 6.34. The zero-order valence-corrected chi connectivity index (χ0v) is 10.1. The lowest BCUT2D eigenvalue weighted by atomic mass is 9.95. The maximum absolute atomic E-state index is 5.97. The number of hydrogen-bond acceptors (Lipinski definition) is 2. The zero-order chi connectivity index (χ0) is 11.4. The van der Waals surface area contributed by atoms with E-state index in [-0.39, 0.29) is 0 Å². The summed E-state index contributed by atoms with van der Waals surface area (Å²) in [5.41, 5.74) is 9.40. The fourth-order valence-electron chi connectivity index (χ4n) is 2.45. The van der Waals surface area contributed by atoms with E-state index >= 15 is 0 Å². The second-order valence-corrected chi connectivity index (χ2v) is 4.92. The monoisotopic (exact) mass is 218 g/mol. The van der Waals surface area contributed by atoms with Crippen LogP contribution in [0.4, 0.5) is 5.69 Å². The molecule has 0 spiro atoms. The SMILES string of the molecule is Cc1ccc(N)c(CNC2CCCCC2)c1. The highest BCUT2D eigenvalue weighted by atomic mass is 14.9. The molecule has 16 heavy (non-hydrogen) atoms. The molecule has 1 saturated carbocycles. The van der Waals surface area contributed by atoms with Gasteiger partial charge >= 0.3 is 0 Å². The molecule has 2 rings (SSSR count). The summed E-state index contributed by atoms with van der Waals surface area (Å²) in [6, 6.07) is 6.96. The minimum atomic E-state index is 0.702. The third-order valence-electron chi connectivity index (χ3n) is 3.48. The van der Waals surface area contributed by atoms with Crippen LogP contribution in [0.1, 0.15) is 43.2 Å². The van der Waals surface area contributed by atoms with Gasteiger partial charge in [0.05, 0.1) is 0 Å². The van der Waals surface area contributed by atoms with Crippen molar-refractivity contribution >= 4 is 5.69 Å². The number of anilines is 1. The highest BCUT2D eigenvalue weighted by Crippen LogP contribution is 2.19. The molecule has 0 atom stereocenters.